The van der Waals surface area contributed by atoms with Crippen LogP contribution in [0.1, 0.15) is 15.9 Å². The lowest BCUT2D eigenvalue weighted by molar-refractivity contribution is 0.0509. The molecule has 0 spiro atoms. The van der Waals surface area contributed by atoms with Gasteiger partial charge in [-0.15, -0.1) is 0 Å². The van der Waals surface area contributed by atoms with Crippen molar-refractivity contribution in [3.05, 3.63) is 35.1 Å². The van der Waals surface area contributed by atoms with Gasteiger partial charge in [0.25, 0.3) is 12.3 Å². The standard InChI is InChI=1S/C14H14F3NO3/c15-11-3-4-12(10(8-11)2-1-6-19)14(21)18(5-7-20)9-13(16)17/h3-4,8,13,19-20H,5-7,9H2. The molecule has 0 fully saturated rings. The van der Waals surface area contributed by atoms with E-state index in [-0.39, 0.29) is 17.7 Å². The van der Waals surface area contributed by atoms with Gasteiger partial charge < -0.3 is 15.1 Å². The lowest BCUT2D eigenvalue weighted by Gasteiger charge is -2.21. The topological polar surface area (TPSA) is 60.8 Å². The molecule has 0 saturated heterocycles. The van der Waals surface area contributed by atoms with Crippen LogP contribution in [-0.4, -0.2) is 53.7 Å². The molecule has 0 aliphatic carbocycles. The maximum absolute atomic E-state index is 13.2. The Morgan fingerprint density at radius 3 is 2.62 bits per heavy atom. The third-order valence-corrected chi connectivity index (χ3v) is 2.53. The molecule has 0 saturated carbocycles. The van der Waals surface area contributed by atoms with Gasteiger partial charge in [-0.05, 0) is 18.2 Å². The smallest absolute Gasteiger partial charge is 0.255 e. The van der Waals surface area contributed by atoms with Crippen molar-refractivity contribution in [1.29, 1.82) is 0 Å². The molecule has 0 atom stereocenters. The van der Waals surface area contributed by atoms with Gasteiger partial charge in [0.1, 0.15) is 12.4 Å². The summed E-state index contributed by atoms with van der Waals surface area (Å²) in [6, 6.07) is 3.13. The van der Waals surface area contributed by atoms with Crippen LogP contribution < -0.4 is 0 Å². The van der Waals surface area contributed by atoms with E-state index in [4.69, 9.17) is 10.2 Å². The quantitative estimate of drug-likeness (QED) is 0.793. The van der Waals surface area contributed by atoms with Crippen LogP contribution in [0.4, 0.5) is 13.2 Å². The average molecular weight is 301 g/mol. The maximum atomic E-state index is 13.2. The normalized spacial score (nSPS) is 10.2. The summed E-state index contributed by atoms with van der Waals surface area (Å²) in [6.07, 6.45) is -2.76. The molecule has 0 unspecified atom stereocenters. The number of aliphatic hydroxyl groups is 2. The first-order valence-corrected chi connectivity index (χ1v) is 6.07. The molecule has 1 aromatic rings. The Kier molecular flexibility index (Phi) is 6.72. The van der Waals surface area contributed by atoms with Crippen molar-refractivity contribution in [2.75, 3.05) is 26.3 Å². The zero-order chi connectivity index (χ0) is 15.8. The van der Waals surface area contributed by atoms with E-state index in [0.717, 1.165) is 23.1 Å². The molecule has 0 heterocycles. The minimum absolute atomic E-state index is 0.00810. The first-order valence-electron chi connectivity index (χ1n) is 6.07. The van der Waals surface area contributed by atoms with Gasteiger partial charge in [0, 0.05) is 12.1 Å². The number of carbonyl (C=O) groups excluding carboxylic acids is 1. The Hall–Kier alpha value is -2.04. The number of alkyl halides is 2. The number of halogens is 3. The zero-order valence-corrected chi connectivity index (χ0v) is 11.0. The lowest BCUT2D eigenvalue weighted by Crippen LogP contribution is -2.37. The van der Waals surface area contributed by atoms with Crippen LogP contribution in [0.5, 0.6) is 0 Å². The fourth-order valence-corrected chi connectivity index (χ4v) is 1.67. The number of benzene rings is 1. The second-order valence-corrected chi connectivity index (χ2v) is 4.02. The van der Waals surface area contributed by atoms with Crippen molar-refractivity contribution >= 4 is 5.91 Å². The van der Waals surface area contributed by atoms with Gasteiger partial charge in [-0.1, -0.05) is 11.8 Å². The van der Waals surface area contributed by atoms with Crippen molar-refractivity contribution in [2.24, 2.45) is 0 Å². The molecule has 0 bridgehead atoms. The number of hydrogen-bond donors (Lipinski definition) is 2. The fourth-order valence-electron chi connectivity index (χ4n) is 1.67. The Balaban J connectivity index is 3.14. The summed E-state index contributed by atoms with van der Waals surface area (Å²) >= 11 is 0. The Morgan fingerprint density at radius 2 is 2.05 bits per heavy atom. The average Bonchev–Trinajstić information content (AvgIpc) is 2.43. The Bertz CT molecular complexity index is 552. The van der Waals surface area contributed by atoms with Crippen molar-refractivity contribution in [3.63, 3.8) is 0 Å². The van der Waals surface area contributed by atoms with E-state index < -0.39 is 37.9 Å². The molecule has 0 aliphatic heterocycles. The summed E-state index contributed by atoms with van der Waals surface area (Å²) in [4.78, 5) is 13.0. The summed E-state index contributed by atoms with van der Waals surface area (Å²) in [6.45, 7) is -2.07. The highest BCUT2D eigenvalue weighted by Gasteiger charge is 2.21. The molecule has 0 aliphatic rings. The van der Waals surface area contributed by atoms with Crippen LogP contribution >= 0.6 is 0 Å². The van der Waals surface area contributed by atoms with Crippen molar-refractivity contribution in [2.45, 2.75) is 6.43 Å². The molecule has 7 heteroatoms. The molecule has 0 radical (unpaired) electrons. The highest BCUT2D eigenvalue weighted by Crippen LogP contribution is 2.14. The number of hydrogen-bond acceptors (Lipinski definition) is 3. The van der Waals surface area contributed by atoms with Crippen LogP contribution in [-0.2, 0) is 0 Å². The second-order valence-electron chi connectivity index (χ2n) is 4.02. The molecule has 4 nitrogen and oxygen atoms in total. The Morgan fingerprint density at radius 1 is 1.33 bits per heavy atom. The number of aliphatic hydroxyl groups excluding tert-OH is 2. The summed E-state index contributed by atoms with van der Waals surface area (Å²) in [5.74, 6) is 3.24. The van der Waals surface area contributed by atoms with Gasteiger partial charge in [0.2, 0.25) is 0 Å². The third-order valence-electron chi connectivity index (χ3n) is 2.53. The molecular weight excluding hydrogens is 287 g/mol. The van der Waals surface area contributed by atoms with Crippen LogP contribution in [0.3, 0.4) is 0 Å². The Labute approximate surface area is 119 Å². The van der Waals surface area contributed by atoms with Crippen LogP contribution in [0.15, 0.2) is 18.2 Å². The summed E-state index contributed by atoms with van der Waals surface area (Å²) in [5, 5.41) is 17.5. The summed E-state index contributed by atoms with van der Waals surface area (Å²) in [5.41, 5.74) is -0.0716. The van der Waals surface area contributed by atoms with E-state index >= 15 is 0 Å². The second kappa shape index (κ2) is 8.29. The third kappa shape index (κ3) is 5.10. The lowest BCUT2D eigenvalue weighted by atomic mass is 10.1. The highest BCUT2D eigenvalue weighted by atomic mass is 19.3. The van der Waals surface area contributed by atoms with Gasteiger partial charge in [0.15, 0.2) is 0 Å². The van der Waals surface area contributed by atoms with Gasteiger partial charge in [-0.2, -0.15) is 0 Å². The monoisotopic (exact) mass is 301 g/mol. The SMILES string of the molecule is O=C(c1ccc(F)cc1C#CCO)N(CCO)CC(F)F. The summed E-state index contributed by atoms with van der Waals surface area (Å²) in [7, 11) is 0. The van der Waals surface area contributed by atoms with Gasteiger partial charge in [-0.25, -0.2) is 13.2 Å². The minimum atomic E-state index is -2.76. The first-order chi connectivity index (χ1) is 9.99. The minimum Gasteiger partial charge on any atom is -0.395 e. The number of rotatable bonds is 5. The number of nitrogens with zero attached hydrogens (tertiary/aromatic N) is 1. The van der Waals surface area contributed by atoms with E-state index in [1.54, 1.807) is 0 Å². The van der Waals surface area contributed by atoms with E-state index in [2.05, 4.69) is 11.8 Å². The van der Waals surface area contributed by atoms with Crippen molar-refractivity contribution in [3.8, 4) is 11.8 Å². The van der Waals surface area contributed by atoms with Gasteiger partial charge >= 0.3 is 0 Å². The first kappa shape index (κ1) is 17.0. The van der Waals surface area contributed by atoms with Crippen LogP contribution in [0, 0.1) is 17.7 Å². The number of amides is 1. The largest absolute Gasteiger partial charge is 0.395 e. The van der Waals surface area contributed by atoms with Gasteiger partial charge in [0.05, 0.1) is 18.7 Å². The van der Waals surface area contributed by atoms with E-state index in [1.165, 1.54) is 0 Å². The van der Waals surface area contributed by atoms with Crippen molar-refractivity contribution in [1.82, 2.24) is 4.90 Å². The van der Waals surface area contributed by atoms with Gasteiger partial charge in [-0.3, -0.25) is 4.79 Å². The van der Waals surface area contributed by atoms with Crippen LogP contribution in [0.2, 0.25) is 0 Å². The van der Waals surface area contributed by atoms with E-state index in [9.17, 15) is 18.0 Å². The highest BCUT2D eigenvalue weighted by molar-refractivity contribution is 5.96. The molecule has 1 rings (SSSR count). The molecule has 21 heavy (non-hydrogen) atoms. The molecule has 1 amide bonds. The molecular formula is C14H14F3NO3. The van der Waals surface area contributed by atoms with Crippen LogP contribution in [0.25, 0.3) is 0 Å². The van der Waals surface area contributed by atoms with E-state index in [1.807, 2.05) is 0 Å². The predicted octanol–water partition coefficient (Wildman–Crippen LogP) is 0.869. The maximum Gasteiger partial charge on any atom is 0.255 e. The molecule has 0 aromatic heterocycles. The van der Waals surface area contributed by atoms with Crippen molar-refractivity contribution < 1.29 is 28.2 Å². The zero-order valence-electron chi connectivity index (χ0n) is 11.0. The predicted molar refractivity (Wildman–Crippen MR) is 69.4 cm³/mol. The van der Waals surface area contributed by atoms with E-state index in [0.29, 0.717) is 0 Å². The number of carbonyl (C=O) groups is 1. The molecule has 2 N–H and O–H groups in total. The molecule has 1 aromatic carbocycles. The molecule has 114 valence electrons. The fraction of sp³-hybridized carbons (Fsp3) is 0.357. The summed E-state index contributed by atoms with van der Waals surface area (Å²) < 4.78 is 38.1.